The molecule has 2 saturated carbocycles. The van der Waals surface area contributed by atoms with Crippen LogP contribution in [-0.2, 0) is 36.9 Å². The second-order valence-corrected chi connectivity index (χ2v) is 11.4. The average molecular weight is 641 g/mol. The van der Waals surface area contributed by atoms with Crippen molar-refractivity contribution in [3.05, 3.63) is 84.4 Å². The van der Waals surface area contributed by atoms with Crippen LogP contribution in [0.5, 0.6) is 0 Å². The van der Waals surface area contributed by atoms with Crippen LogP contribution in [0.4, 0.5) is 14.4 Å². The van der Waals surface area contributed by atoms with Crippen LogP contribution in [-0.4, -0.2) is 75.5 Å². The molecule has 6 atom stereocenters. The van der Waals surface area contributed by atoms with E-state index in [0.717, 1.165) is 30.4 Å². The van der Waals surface area contributed by atoms with E-state index in [1.54, 1.807) is 14.2 Å². The summed E-state index contributed by atoms with van der Waals surface area (Å²) in [7, 11) is 3.29. The number of benzene rings is 2. The zero-order valence-electron chi connectivity index (χ0n) is 26.7. The molecule has 2 aromatic carbocycles. The SMILES string of the molecule is C=CCOC(=O)N[C@H]1C[C@@H](NC(=O)OCc2ccccc2)C[C@@H](OC)C1.CO[C@H]1C[C@@H](N)C[C@@H](NC(=O)OCc2ccccc2)C1. The highest BCUT2D eigenvalue weighted by Gasteiger charge is 2.31. The van der Waals surface area contributed by atoms with Crippen molar-refractivity contribution >= 4 is 18.3 Å². The van der Waals surface area contributed by atoms with Gasteiger partial charge in [0.15, 0.2) is 0 Å². The molecule has 3 amide bonds. The summed E-state index contributed by atoms with van der Waals surface area (Å²) < 4.78 is 26.2. The number of hydrogen-bond acceptors (Lipinski definition) is 9. The Hall–Kier alpha value is -4.13. The lowest BCUT2D eigenvalue weighted by Gasteiger charge is -2.34. The molecule has 252 valence electrons. The van der Waals surface area contributed by atoms with Gasteiger partial charge >= 0.3 is 18.3 Å². The van der Waals surface area contributed by atoms with Gasteiger partial charge in [-0.05, 0) is 49.7 Å². The molecule has 0 radical (unpaired) electrons. The van der Waals surface area contributed by atoms with Gasteiger partial charge in [-0.25, -0.2) is 14.4 Å². The number of nitrogens with two attached hydrogens (primary N) is 1. The molecule has 2 aromatic rings. The highest BCUT2D eigenvalue weighted by molar-refractivity contribution is 5.69. The first-order valence-electron chi connectivity index (χ1n) is 15.6. The molecule has 0 aromatic heterocycles. The largest absolute Gasteiger partial charge is 0.445 e. The van der Waals surface area contributed by atoms with Gasteiger partial charge in [-0.15, -0.1) is 0 Å². The van der Waals surface area contributed by atoms with Crippen LogP contribution in [0, 0.1) is 0 Å². The Labute approximate surface area is 271 Å². The predicted molar refractivity (Wildman–Crippen MR) is 173 cm³/mol. The summed E-state index contributed by atoms with van der Waals surface area (Å²) in [6.45, 7) is 4.14. The highest BCUT2D eigenvalue weighted by atomic mass is 16.6. The number of rotatable bonds is 11. The number of ether oxygens (including phenoxy) is 5. The number of alkyl carbamates (subject to hydrolysis) is 3. The third-order valence-electron chi connectivity index (χ3n) is 7.75. The van der Waals surface area contributed by atoms with Gasteiger partial charge in [-0.1, -0.05) is 73.3 Å². The molecule has 0 spiro atoms. The molecule has 0 heterocycles. The molecule has 2 aliphatic rings. The average Bonchev–Trinajstić information content (AvgIpc) is 3.06. The first-order chi connectivity index (χ1) is 22.3. The third-order valence-corrected chi connectivity index (χ3v) is 7.75. The van der Waals surface area contributed by atoms with Crippen LogP contribution < -0.4 is 21.7 Å². The Bertz CT molecular complexity index is 1200. The van der Waals surface area contributed by atoms with Crippen LogP contribution in [0.25, 0.3) is 0 Å². The quantitative estimate of drug-likeness (QED) is 0.204. The van der Waals surface area contributed by atoms with Gasteiger partial charge in [0.2, 0.25) is 0 Å². The van der Waals surface area contributed by atoms with Gasteiger partial charge in [0, 0.05) is 38.4 Å². The Kier molecular flexibility index (Phi) is 15.9. The van der Waals surface area contributed by atoms with E-state index in [1.165, 1.54) is 6.08 Å². The molecule has 5 N–H and O–H groups in total. The first-order valence-corrected chi connectivity index (χ1v) is 15.6. The van der Waals surface area contributed by atoms with E-state index >= 15 is 0 Å². The lowest BCUT2D eigenvalue weighted by Crippen LogP contribution is -2.50. The van der Waals surface area contributed by atoms with Crippen LogP contribution in [0.2, 0.25) is 0 Å². The zero-order valence-corrected chi connectivity index (χ0v) is 26.7. The van der Waals surface area contributed by atoms with Crippen molar-refractivity contribution < 1.29 is 38.1 Å². The molecule has 46 heavy (non-hydrogen) atoms. The fraction of sp³-hybridized carbons (Fsp3) is 0.500. The molecule has 12 nitrogen and oxygen atoms in total. The molecule has 4 rings (SSSR count). The summed E-state index contributed by atoms with van der Waals surface area (Å²) in [4.78, 5) is 35.5. The van der Waals surface area contributed by atoms with E-state index in [0.29, 0.717) is 19.3 Å². The summed E-state index contributed by atoms with van der Waals surface area (Å²) in [6, 6.07) is 18.9. The van der Waals surface area contributed by atoms with Crippen molar-refractivity contribution in [2.45, 2.75) is 88.1 Å². The van der Waals surface area contributed by atoms with Crippen LogP contribution in [0.1, 0.15) is 49.7 Å². The molecule has 2 fully saturated rings. The van der Waals surface area contributed by atoms with Gasteiger partial charge in [0.1, 0.15) is 19.8 Å². The Morgan fingerprint density at radius 2 is 1.09 bits per heavy atom. The number of carbonyl (C=O) groups is 3. The summed E-state index contributed by atoms with van der Waals surface area (Å²) in [5, 5.41) is 8.51. The zero-order chi connectivity index (χ0) is 33.1. The van der Waals surface area contributed by atoms with E-state index in [-0.39, 0.29) is 56.2 Å². The molecule has 12 heteroatoms. The van der Waals surface area contributed by atoms with E-state index in [4.69, 9.17) is 29.4 Å². The molecule has 0 saturated heterocycles. The van der Waals surface area contributed by atoms with Crippen molar-refractivity contribution in [3.63, 3.8) is 0 Å². The van der Waals surface area contributed by atoms with E-state index < -0.39 is 18.3 Å². The third kappa shape index (κ3) is 13.9. The summed E-state index contributed by atoms with van der Waals surface area (Å²) >= 11 is 0. The van der Waals surface area contributed by atoms with Gasteiger partial charge in [-0.3, -0.25) is 0 Å². The fourth-order valence-electron chi connectivity index (χ4n) is 5.52. The maximum absolute atomic E-state index is 12.1. The van der Waals surface area contributed by atoms with Gasteiger partial charge in [0.25, 0.3) is 0 Å². The second-order valence-electron chi connectivity index (χ2n) is 11.4. The molecule has 0 bridgehead atoms. The lowest BCUT2D eigenvalue weighted by atomic mass is 9.89. The number of amides is 3. The first kappa shape index (κ1) is 36.3. The Morgan fingerprint density at radius 1 is 0.674 bits per heavy atom. The second kappa shape index (κ2) is 20.1. The van der Waals surface area contributed by atoms with Crippen LogP contribution >= 0.6 is 0 Å². The maximum Gasteiger partial charge on any atom is 0.407 e. The maximum atomic E-state index is 12.1. The summed E-state index contributed by atoms with van der Waals surface area (Å²) in [6.07, 6.45) is 4.47. The van der Waals surface area contributed by atoms with Crippen molar-refractivity contribution in [1.29, 1.82) is 0 Å². The minimum atomic E-state index is -0.503. The molecule has 0 aliphatic heterocycles. The Balaban J connectivity index is 0.000000259. The van der Waals surface area contributed by atoms with Crippen molar-refractivity contribution in [2.24, 2.45) is 5.73 Å². The molecular formula is C34H48N4O8. The normalized spacial score (nSPS) is 23.8. The monoisotopic (exact) mass is 640 g/mol. The van der Waals surface area contributed by atoms with Gasteiger partial charge in [-0.2, -0.15) is 0 Å². The molecule has 2 aliphatic carbocycles. The fourth-order valence-corrected chi connectivity index (χ4v) is 5.52. The van der Waals surface area contributed by atoms with Gasteiger partial charge < -0.3 is 45.4 Å². The summed E-state index contributed by atoms with van der Waals surface area (Å²) in [5.41, 5.74) is 7.85. The Morgan fingerprint density at radius 3 is 1.52 bits per heavy atom. The van der Waals surface area contributed by atoms with Gasteiger partial charge in [0.05, 0.1) is 12.2 Å². The standard InChI is InChI=1S/C19H26N2O5.C15H22N2O3/c1-3-9-25-18(22)20-15-10-16(12-17(11-15)24-2)21-19(23)26-13-14-7-5-4-6-8-14;1-19-14-8-12(16)7-13(9-14)17-15(18)20-10-11-5-3-2-4-6-11/h3-8,15-17H,1,9-13H2,2H3,(H,20,22)(H,21,23);2-6,12-14H,7-10,16H2,1H3,(H,17,18)/t15-,16+,17-;12-,13+,14-/m00/s1. The molecular weight excluding hydrogens is 592 g/mol. The van der Waals surface area contributed by atoms with Crippen molar-refractivity contribution in [3.8, 4) is 0 Å². The summed E-state index contributed by atoms with van der Waals surface area (Å²) in [5.74, 6) is 0. The van der Waals surface area contributed by atoms with E-state index in [2.05, 4.69) is 22.5 Å². The lowest BCUT2D eigenvalue weighted by molar-refractivity contribution is 0.0435. The van der Waals surface area contributed by atoms with Crippen molar-refractivity contribution in [1.82, 2.24) is 16.0 Å². The minimum absolute atomic E-state index is 0.0203. The number of carbonyl (C=O) groups excluding carboxylic acids is 3. The molecule has 0 unspecified atom stereocenters. The number of methoxy groups -OCH3 is 2. The number of nitrogens with one attached hydrogen (secondary N) is 3. The smallest absolute Gasteiger partial charge is 0.407 e. The highest BCUT2D eigenvalue weighted by Crippen LogP contribution is 2.22. The van der Waals surface area contributed by atoms with E-state index in [1.807, 2.05) is 60.7 Å². The van der Waals surface area contributed by atoms with Crippen LogP contribution in [0.3, 0.4) is 0 Å². The minimum Gasteiger partial charge on any atom is -0.445 e. The topological polar surface area (TPSA) is 159 Å². The predicted octanol–water partition coefficient (Wildman–Crippen LogP) is 4.57. The van der Waals surface area contributed by atoms with Crippen molar-refractivity contribution in [2.75, 3.05) is 20.8 Å². The van der Waals surface area contributed by atoms with E-state index in [9.17, 15) is 14.4 Å². The van der Waals surface area contributed by atoms with Crippen LogP contribution in [0.15, 0.2) is 73.3 Å². The number of hydrogen-bond donors (Lipinski definition) is 4.